The minimum atomic E-state index is -0.807. The molecule has 3 N–H and O–H groups in total. The fraction of sp³-hybridized carbons (Fsp3) is 0.462. The van der Waals surface area contributed by atoms with Crippen molar-refractivity contribution in [1.82, 2.24) is 5.32 Å². The minimum Gasteiger partial charge on any atom is -0.487 e. The van der Waals surface area contributed by atoms with Gasteiger partial charge >= 0.3 is 0 Å². The van der Waals surface area contributed by atoms with Gasteiger partial charge in [0.05, 0.1) is 19.6 Å². The molecule has 0 aromatic heterocycles. The zero-order valence-electron chi connectivity index (χ0n) is 11.2. The second-order valence-corrected chi connectivity index (χ2v) is 4.12. The van der Waals surface area contributed by atoms with Crippen molar-refractivity contribution in [3.8, 4) is 5.75 Å². The lowest BCUT2D eigenvalue weighted by Gasteiger charge is -2.10. The second-order valence-electron chi connectivity index (χ2n) is 4.12. The molecule has 0 aliphatic carbocycles. The van der Waals surface area contributed by atoms with Gasteiger partial charge in [0.25, 0.3) is 0 Å². The van der Waals surface area contributed by atoms with Crippen molar-refractivity contribution in [3.63, 3.8) is 0 Å². The number of carbonyl (C=O) groups is 1. The van der Waals surface area contributed by atoms with Crippen LogP contribution in [-0.4, -0.2) is 32.8 Å². The van der Waals surface area contributed by atoms with Crippen LogP contribution in [0.4, 0.5) is 8.78 Å². The SMILES string of the molecule is COCCNCc1cc(F)c(OCCC(N)=O)c(F)c1. The number of methoxy groups -OCH3 is 1. The van der Waals surface area contributed by atoms with Crippen LogP contribution in [0.25, 0.3) is 0 Å². The van der Waals surface area contributed by atoms with E-state index in [9.17, 15) is 13.6 Å². The first kappa shape index (κ1) is 16.3. The van der Waals surface area contributed by atoms with Gasteiger partial charge in [0.15, 0.2) is 17.4 Å². The number of amides is 1. The van der Waals surface area contributed by atoms with Gasteiger partial charge in [-0.15, -0.1) is 0 Å². The van der Waals surface area contributed by atoms with Crippen molar-refractivity contribution in [2.24, 2.45) is 5.73 Å². The third-order valence-electron chi connectivity index (χ3n) is 2.47. The molecule has 0 spiro atoms. The monoisotopic (exact) mass is 288 g/mol. The van der Waals surface area contributed by atoms with Gasteiger partial charge in [0.2, 0.25) is 5.91 Å². The molecule has 1 amide bonds. The molecule has 0 bridgehead atoms. The van der Waals surface area contributed by atoms with E-state index in [0.29, 0.717) is 25.3 Å². The van der Waals surface area contributed by atoms with Crippen LogP contribution in [0.5, 0.6) is 5.75 Å². The quantitative estimate of drug-likeness (QED) is 0.664. The van der Waals surface area contributed by atoms with Crippen LogP contribution in [0.1, 0.15) is 12.0 Å². The van der Waals surface area contributed by atoms with Gasteiger partial charge in [-0.25, -0.2) is 8.78 Å². The number of hydrogen-bond acceptors (Lipinski definition) is 4. The lowest BCUT2D eigenvalue weighted by atomic mass is 10.2. The van der Waals surface area contributed by atoms with Crippen LogP contribution in [0.2, 0.25) is 0 Å². The molecule has 7 heteroatoms. The Hall–Kier alpha value is -1.73. The lowest BCUT2D eigenvalue weighted by molar-refractivity contribution is -0.118. The summed E-state index contributed by atoms with van der Waals surface area (Å²) in [5.41, 5.74) is 5.37. The van der Waals surface area contributed by atoms with Crippen LogP contribution in [0.3, 0.4) is 0 Å². The first-order chi connectivity index (χ1) is 9.54. The summed E-state index contributed by atoms with van der Waals surface area (Å²) in [5, 5.41) is 2.97. The normalized spacial score (nSPS) is 10.6. The summed E-state index contributed by atoms with van der Waals surface area (Å²) in [6, 6.07) is 2.37. The van der Waals surface area contributed by atoms with Crippen molar-refractivity contribution in [1.29, 1.82) is 0 Å². The summed E-state index contributed by atoms with van der Waals surface area (Å²) in [5.74, 6) is -2.70. The maximum absolute atomic E-state index is 13.7. The minimum absolute atomic E-state index is 0.0980. The second kappa shape index (κ2) is 8.44. The van der Waals surface area contributed by atoms with Gasteiger partial charge in [-0.3, -0.25) is 4.79 Å². The van der Waals surface area contributed by atoms with Crippen LogP contribution in [-0.2, 0) is 16.1 Å². The lowest BCUT2D eigenvalue weighted by Crippen LogP contribution is -2.19. The summed E-state index contributed by atoms with van der Waals surface area (Å²) < 4.78 is 37.1. The average molecular weight is 288 g/mol. The predicted molar refractivity (Wildman–Crippen MR) is 69.2 cm³/mol. The van der Waals surface area contributed by atoms with Crippen molar-refractivity contribution < 1.29 is 23.0 Å². The fourth-order valence-corrected chi connectivity index (χ4v) is 1.51. The number of nitrogens with one attached hydrogen (secondary N) is 1. The number of primary amides is 1. The molecule has 0 saturated heterocycles. The maximum Gasteiger partial charge on any atom is 0.220 e. The topological polar surface area (TPSA) is 73.6 Å². The predicted octanol–water partition coefficient (Wildman–Crippen LogP) is 0.955. The number of ether oxygens (including phenoxy) is 2. The van der Waals surface area contributed by atoms with Crippen molar-refractivity contribution in [2.45, 2.75) is 13.0 Å². The summed E-state index contributed by atoms with van der Waals surface area (Å²) >= 11 is 0. The Labute approximate surface area is 116 Å². The molecule has 20 heavy (non-hydrogen) atoms. The molecule has 0 fully saturated rings. The highest BCUT2D eigenvalue weighted by Crippen LogP contribution is 2.23. The molecule has 0 atom stereocenters. The van der Waals surface area contributed by atoms with E-state index in [1.54, 1.807) is 7.11 Å². The third kappa shape index (κ3) is 5.50. The highest BCUT2D eigenvalue weighted by atomic mass is 19.1. The maximum atomic E-state index is 13.7. The van der Waals surface area contributed by atoms with Crippen molar-refractivity contribution >= 4 is 5.91 Å². The molecule has 0 aliphatic rings. The number of hydrogen-bond donors (Lipinski definition) is 2. The number of benzene rings is 1. The third-order valence-corrected chi connectivity index (χ3v) is 2.47. The Balaban J connectivity index is 2.59. The molecule has 1 aromatic rings. The number of rotatable bonds is 9. The van der Waals surface area contributed by atoms with Crippen molar-refractivity contribution in [3.05, 3.63) is 29.3 Å². The molecule has 1 aromatic carbocycles. The summed E-state index contributed by atoms with van der Waals surface area (Å²) in [7, 11) is 1.57. The molecule has 0 unspecified atom stereocenters. The Morgan fingerprint density at radius 3 is 2.50 bits per heavy atom. The van der Waals surface area contributed by atoms with E-state index in [0.717, 1.165) is 0 Å². The van der Waals surface area contributed by atoms with Gasteiger partial charge in [-0.05, 0) is 17.7 Å². The molecule has 112 valence electrons. The molecular formula is C13H18F2N2O3. The molecule has 0 radical (unpaired) electrons. The van der Waals surface area contributed by atoms with Crippen LogP contribution in [0.15, 0.2) is 12.1 Å². The largest absolute Gasteiger partial charge is 0.487 e. The average Bonchev–Trinajstić information content (AvgIpc) is 2.37. The highest BCUT2D eigenvalue weighted by Gasteiger charge is 2.13. The first-order valence-corrected chi connectivity index (χ1v) is 6.13. The van der Waals surface area contributed by atoms with Crippen LogP contribution >= 0.6 is 0 Å². The number of halogens is 2. The Morgan fingerprint density at radius 2 is 1.95 bits per heavy atom. The Morgan fingerprint density at radius 1 is 1.30 bits per heavy atom. The van der Waals surface area contributed by atoms with E-state index in [-0.39, 0.29) is 13.0 Å². The Bertz CT molecular complexity index is 432. The molecule has 0 saturated carbocycles. The Kier molecular flexibility index (Phi) is 6.89. The van der Waals surface area contributed by atoms with Crippen LogP contribution < -0.4 is 15.8 Å². The van der Waals surface area contributed by atoms with E-state index in [4.69, 9.17) is 15.2 Å². The molecule has 0 aliphatic heterocycles. The van der Waals surface area contributed by atoms with E-state index in [2.05, 4.69) is 5.32 Å². The smallest absolute Gasteiger partial charge is 0.220 e. The number of carbonyl (C=O) groups excluding carboxylic acids is 1. The van der Waals surface area contributed by atoms with E-state index >= 15 is 0 Å². The van der Waals surface area contributed by atoms with Crippen molar-refractivity contribution in [2.75, 3.05) is 26.9 Å². The van der Waals surface area contributed by atoms with E-state index in [1.165, 1.54) is 12.1 Å². The van der Waals surface area contributed by atoms with E-state index < -0.39 is 23.3 Å². The van der Waals surface area contributed by atoms with Gasteiger partial charge < -0.3 is 20.5 Å². The number of nitrogens with two attached hydrogens (primary N) is 1. The summed E-state index contributed by atoms with van der Waals surface area (Å²) in [6.07, 6.45) is -0.0980. The first-order valence-electron chi connectivity index (χ1n) is 6.13. The standard InChI is InChI=1S/C13H18F2N2O3/c1-19-5-3-17-8-9-6-10(14)13(11(15)7-9)20-4-2-12(16)18/h6-7,17H,2-5,8H2,1H3,(H2,16,18). The van der Waals surface area contributed by atoms with Crippen LogP contribution in [0, 0.1) is 11.6 Å². The van der Waals surface area contributed by atoms with Gasteiger partial charge in [-0.1, -0.05) is 0 Å². The molecular weight excluding hydrogens is 270 g/mol. The highest BCUT2D eigenvalue weighted by molar-refractivity contribution is 5.73. The van der Waals surface area contributed by atoms with Gasteiger partial charge in [-0.2, -0.15) is 0 Å². The zero-order valence-corrected chi connectivity index (χ0v) is 11.2. The fourth-order valence-electron chi connectivity index (χ4n) is 1.51. The van der Waals surface area contributed by atoms with E-state index in [1.807, 2.05) is 0 Å². The van der Waals surface area contributed by atoms with Gasteiger partial charge in [0, 0.05) is 20.2 Å². The molecule has 5 nitrogen and oxygen atoms in total. The van der Waals surface area contributed by atoms with Gasteiger partial charge in [0.1, 0.15) is 0 Å². The summed E-state index contributed by atoms with van der Waals surface area (Å²) in [4.78, 5) is 10.5. The molecule has 0 heterocycles. The molecule has 1 rings (SSSR count). The summed E-state index contributed by atoms with van der Waals surface area (Å²) in [6.45, 7) is 1.25. The zero-order chi connectivity index (χ0) is 15.0.